The zero-order valence-electron chi connectivity index (χ0n) is 10.9. The first-order valence-electron chi connectivity index (χ1n) is 5.69. The van der Waals surface area contributed by atoms with E-state index < -0.39 is 0 Å². The van der Waals surface area contributed by atoms with Gasteiger partial charge in [0.2, 0.25) is 5.91 Å². The number of ether oxygens (including phenoxy) is 1. The first-order chi connectivity index (χ1) is 8.65. The van der Waals surface area contributed by atoms with Crippen molar-refractivity contribution in [1.29, 1.82) is 5.26 Å². The molecule has 0 saturated heterocycles. The summed E-state index contributed by atoms with van der Waals surface area (Å²) < 4.78 is 5.14. The average molecular weight is 247 g/mol. The number of nitrogens with one attached hydrogen (secondary N) is 1. The highest BCUT2D eigenvalue weighted by Gasteiger charge is 2.13. The molecule has 0 fully saturated rings. The molecule has 1 aromatic carbocycles. The van der Waals surface area contributed by atoms with Crippen LogP contribution in [0.4, 0.5) is 5.69 Å². The summed E-state index contributed by atoms with van der Waals surface area (Å²) in [6, 6.07) is 7.32. The molecule has 1 amide bonds. The maximum absolute atomic E-state index is 11.4. The normalized spacial score (nSPS) is 9.44. The van der Waals surface area contributed by atoms with Gasteiger partial charge in [-0.15, -0.1) is 0 Å². The van der Waals surface area contributed by atoms with Gasteiger partial charge in [0.1, 0.15) is 11.8 Å². The second-order valence-electron chi connectivity index (χ2n) is 3.68. The minimum Gasteiger partial charge on any atom is -0.497 e. The Morgan fingerprint density at radius 3 is 2.78 bits per heavy atom. The Balaban J connectivity index is 3.10. The minimum absolute atomic E-state index is 0.0939. The Bertz CT molecular complexity index is 466. The van der Waals surface area contributed by atoms with Crippen molar-refractivity contribution < 1.29 is 9.53 Å². The summed E-state index contributed by atoms with van der Waals surface area (Å²) in [7, 11) is 3.16. The van der Waals surface area contributed by atoms with Crippen LogP contribution in [0.15, 0.2) is 18.2 Å². The molecule has 0 aromatic heterocycles. The van der Waals surface area contributed by atoms with Crippen molar-refractivity contribution in [2.75, 3.05) is 32.1 Å². The van der Waals surface area contributed by atoms with Crippen LogP contribution in [0.1, 0.15) is 12.5 Å². The Hall–Kier alpha value is -2.22. The number of nitriles is 1. The Morgan fingerprint density at radius 1 is 1.56 bits per heavy atom. The number of carbonyl (C=O) groups excluding carboxylic acids is 1. The lowest BCUT2D eigenvalue weighted by atomic mass is 10.1. The molecule has 0 bridgehead atoms. The van der Waals surface area contributed by atoms with Crippen LogP contribution in [0.5, 0.6) is 5.75 Å². The number of likely N-dealkylation sites (N-methyl/N-ethyl adjacent to an activating group) is 2. The van der Waals surface area contributed by atoms with E-state index in [0.717, 1.165) is 0 Å². The average Bonchev–Trinajstić information content (AvgIpc) is 2.43. The number of benzene rings is 1. The van der Waals surface area contributed by atoms with Gasteiger partial charge in [-0.25, -0.2) is 0 Å². The highest BCUT2D eigenvalue weighted by molar-refractivity contribution is 5.81. The number of carbonyl (C=O) groups is 1. The van der Waals surface area contributed by atoms with E-state index in [9.17, 15) is 4.79 Å². The number of methoxy groups -OCH3 is 1. The highest BCUT2D eigenvalue weighted by atomic mass is 16.5. The number of amides is 1. The molecule has 0 heterocycles. The molecule has 0 aliphatic carbocycles. The van der Waals surface area contributed by atoms with E-state index in [1.54, 1.807) is 32.4 Å². The lowest BCUT2D eigenvalue weighted by Gasteiger charge is -2.23. The van der Waals surface area contributed by atoms with Crippen LogP contribution in [-0.2, 0) is 4.79 Å². The predicted octanol–water partition coefficient (Wildman–Crippen LogP) is 1.14. The van der Waals surface area contributed by atoms with E-state index in [4.69, 9.17) is 10.00 Å². The fourth-order valence-corrected chi connectivity index (χ4v) is 1.61. The van der Waals surface area contributed by atoms with Crippen molar-refractivity contribution in [2.24, 2.45) is 0 Å². The molecule has 0 spiro atoms. The number of rotatable bonds is 5. The van der Waals surface area contributed by atoms with Gasteiger partial charge in [-0.1, -0.05) is 0 Å². The fourth-order valence-electron chi connectivity index (χ4n) is 1.61. The molecule has 0 aliphatic heterocycles. The van der Waals surface area contributed by atoms with Crippen LogP contribution < -0.4 is 15.0 Å². The summed E-state index contributed by atoms with van der Waals surface area (Å²) in [5.74, 6) is 0.572. The third-order valence-electron chi connectivity index (χ3n) is 2.66. The van der Waals surface area contributed by atoms with Crippen LogP contribution in [0.3, 0.4) is 0 Å². The molecule has 5 heteroatoms. The fraction of sp³-hybridized carbons (Fsp3) is 0.385. The Morgan fingerprint density at radius 2 is 2.28 bits per heavy atom. The van der Waals surface area contributed by atoms with Gasteiger partial charge in [0.25, 0.3) is 0 Å². The van der Waals surface area contributed by atoms with Gasteiger partial charge in [0.05, 0.1) is 24.9 Å². The van der Waals surface area contributed by atoms with Crippen LogP contribution in [0, 0.1) is 11.3 Å². The summed E-state index contributed by atoms with van der Waals surface area (Å²) in [6.07, 6.45) is 0. The minimum atomic E-state index is -0.0939. The van der Waals surface area contributed by atoms with Crippen molar-refractivity contribution in [2.45, 2.75) is 6.92 Å². The standard InChI is InChI=1S/C13H17N3O2/c1-4-16(9-13(17)15-2)12-7-11(18-3)6-5-10(12)8-14/h5-7H,4,9H2,1-3H3,(H,15,17). The zero-order chi connectivity index (χ0) is 13.5. The van der Waals surface area contributed by atoms with Gasteiger partial charge < -0.3 is 15.0 Å². The molecule has 18 heavy (non-hydrogen) atoms. The third kappa shape index (κ3) is 3.14. The molecule has 0 atom stereocenters. The lowest BCUT2D eigenvalue weighted by Crippen LogP contribution is -2.35. The van der Waals surface area contributed by atoms with Crippen molar-refractivity contribution in [3.63, 3.8) is 0 Å². The molecule has 96 valence electrons. The van der Waals surface area contributed by atoms with Crippen LogP contribution >= 0.6 is 0 Å². The number of anilines is 1. The number of hydrogen-bond acceptors (Lipinski definition) is 4. The predicted molar refractivity (Wildman–Crippen MR) is 69.7 cm³/mol. The second kappa shape index (κ2) is 6.50. The monoisotopic (exact) mass is 247 g/mol. The molecule has 1 rings (SSSR count). The van der Waals surface area contributed by atoms with E-state index in [1.807, 2.05) is 11.8 Å². The van der Waals surface area contributed by atoms with Gasteiger partial charge >= 0.3 is 0 Å². The van der Waals surface area contributed by atoms with Gasteiger partial charge in [-0.3, -0.25) is 4.79 Å². The lowest BCUT2D eigenvalue weighted by molar-refractivity contribution is -0.119. The molecule has 0 aliphatic rings. The van der Waals surface area contributed by atoms with Crippen molar-refractivity contribution in [3.05, 3.63) is 23.8 Å². The molecule has 0 radical (unpaired) electrons. The van der Waals surface area contributed by atoms with E-state index in [2.05, 4.69) is 11.4 Å². The molecule has 1 N–H and O–H groups in total. The molecule has 5 nitrogen and oxygen atoms in total. The summed E-state index contributed by atoms with van der Waals surface area (Å²) in [4.78, 5) is 13.3. The van der Waals surface area contributed by atoms with Crippen molar-refractivity contribution in [1.82, 2.24) is 5.32 Å². The SMILES string of the molecule is CCN(CC(=O)NC)c1cc(OC)ccc1C#N. The Labute approximate surface area is 107 Å². The van der Waals surface area contributed by atoms with E-state index in [1.165, 1.54) is 0 Å². The number of hydrogen-bond donors (Lipinski definition) is 1. The quantitative estimate of drug-likeness (QED) is 0.847. The van der Waals surface area contributed by atoms with Gasteiger partial charge in [0, 0.05) is 19.7 Å². The van der Waals surface area contributed by atoms with Gasteiger partial charge in [-0.05, 0) is 19.1 Å². The van der Waals surface area contributed by atoms with Crippen molar-refractivity contribution in [3.8, 4) is 11.8 Å². The smallest absolute Gasteiger partial charge is 0.239 e. The molecule has 1 aromatic rings. The van der Waals surface area contributed by atoms with Crippen molar-refractivity contribution >= 4 is 11.6 Å². The Kier molecular flexibility index (Phi) is 5.00. The molecule has 0 unspecified atom stereocenters. The van der Waals surface area contributed by atoms with E-state index >= 15 is 0 Å². The van der Waals surface area contributed by atoms with E-state index in [-0.39, 0.29) is 12.5 Å². The number of nitrogens with zero attached hydrogens (tertiary/aromatic N) is 2. The third-order valence-corrected chi connectivity index (χ3v) is 2.66. The molecular weight excluding hydrogens is 230 g/mol. The molecule has 0 saturated carbocycles. The maximum Gasteiger partial charge on any atom is 0.239 e. The molecular formula is C13H17N3O2. The van der Waals surface area contributed by atoms with Crippen LogP contribution in [-0.4, -0.2) is 33.2 Å². The van der Waals surface area contributed by atoms with Crippen LogP contribution in [0.25, 0.3) is 0 Å². The zero-order valence-corrected chi connectivity index (χ0v) is 10.9. The van der Waals surface area contributed by atoms with Crippen LogP contribution in [0.2, 0.25) is 0 Å². The topological polar surface area (TPSA) is 65.4 Å². The summed E-state index contributed by atoms with van der Waals surface area (Å²) in [5, 5.41) is 11.7. The van der Waals surface area contributed by atoms with Gasteiger partial charge in [0.15, 0.2) is 0 Å². The summed E-state index contributed by atoms with van der Waals surface area (Å²) in [5.41, 5.74) is 1.24. The first kappa shape index (κ1) is 13.8. The first-order valence-corrected chi connectivity index (χ1v) is 5.69. The maximum atomic E-state index is 11.4. The highest BCUT2D eigenvalue weighted by Crippen LogP contribution is 2.25. The summed E-state index contributed by atoms with van der Waals surface area (Å²) in [6.45, 7) is 2.79. The summed E-state index contributed by atoms with van der Waals surface area (Å²) >= 11 is 0. The largest absolute Gasteiger partial charge is 0.497 e. The van der Waals surface area contributed by atoms with Gasteiger partial charge in [-0.2, -0.15) is 5.26 Å². The van der Waals surface area contributed by atoms with E-state index in [0.29, 0.717) is 23.5 Å². The second-order valence-corrected chi connectivity index (χ2v) is 3.68.